The Morgan fingerprint density at radius 3 is 2.47 bits per heavy atom. The summed E-state index contributed by atoms with van der Waals surface area (Å²) in [6.07, 6.45) is 0.652. The summed E-state index contributed by atoms with van der Waals surface area (Å²) in [5.41, 5.74) is 0. The summed E-state index contributed by atoms with van der Waals surface area (Å²) in [6, 6.07) is 6.09. The molecule has 0 aliphatic rings. The van der Waals surface area contributed by atoms with E-state index >= 15 is 0 Å². The van der Waals surface area contributed by atoms with E-state index in [1.807, 2.05) is 0 Å². The fraction of sp³-hybridized carbons (Fsp3) is 0.538. The highest BCUT2D eigenvalue weighted by Crippen LogP contribution is 2.13. The van der Waals surface area contributed by atoms with Crippen molar-refractivity contribution in [3.05, 3.63) is 29.3 Å². The maximum absolute atomic E-state index is 11.9. The second kappa shape index (κ2) is 7.85. The zero-order valence-corrected chi connectivity index (χ0v) is 12.8. The van der Waals surface area contributed by atoms with Crippen molar-refractivity contribution in [2.24, 2.45) is 5.92 Å². The minimum absolute atomic E-state index is 0.222. The first-order valence-corrected chi connectivity index (χ1v) is 8.11. The first-order valence-electron chi connectivity index (χ1n) is 6.25. The standard InChI is InChI=1S/C13H20ClNO3S/c1-11(2)10-18-9-3-8-15-19(16,17)13-6-4-12(14)5-7-13/h4-7,11,15H,3,8-10H2,1-2H3. The van der Waals surface area contributed by atoms with Crippen LogP contribution >= 0.6 is 11.6 Å². The molecule has 0 radical (unpaired) electrons. The molecule has 19 heavy (non-hydrogen) atoms. The van der Waals surface area contributed by atoms with Crippen molar-refractivity contribution < 1.29 is 13.2 Å². The molecule has 0 spiro atoms. The van der Waals surface area contributed by atoms with Gasteiger partial charge in [-0.05, 0) is 36.6 Å². The van der Waals surface area contributed by atoms with Crippen LogP contribution in [0.15, 0.2) is 29.2 Å². The molecule has 1 rings (SSSR count). The lowest BCUT2D eigenvalue weighted by Gasteiger charge is -2.08. The van der Waals surface area contributed by atoms with Crippen molar-refractivity contribution in [3.8, 4) is 0 Å². The number of sulfonamides is 1. The van der Waals surface area contributed by atoms with Gasteiger partial charge in [0.05, 0.1) is 4.90 Å². The van der Waals surface area contributed by atoms with Crippen LogP contribution in [0.3, 0.4) is 0 Å². The average Bonchev–Trinajstić information content (AvgIpc) is 2.34. The van der Waals surface area contributed by atoms with Crippen LogP contribution in [-0.2, 0) is 14.8 Å². The third kappa shape index (κ3) is 6.38. The van der Waals surface area contributed by atoms with E-state index in [2.05, 4.69) is 18.6 Å². The molecule has 0 bridgehead atoms. The third-order valence-electron chi connectivity index (χ3n) is 2.33. The molecule has 6 heteroatoms. The fourth-order valence-corrected chi connectivity index (χ4v) is 2.60. The van der Waals surface area contributed by atoms with Crippen molar-refractivity contribution in [1.82, 2.24) is 4.72 Å². The maximum atomic E-state index is 11.9. The summed E-state index contributed by atoms with van der Waals surface area (Å²) in [6.45, 7) is 5.76. The maximum Gasteiger partial charge on any atom is 0.240 e. The molecule has 0 fully saturated rings. The van der Waals surface area contributed by atoms with Gasteiger partial charge in [0.15, 0.2) is 0 Å². The summed E-state index contributed by atoms with van der Waals surface area (Å²) in [7, 11) is -3.44. The Balaban J connectivity index is 2.33. The first-order chi connectivity index (χ1) is 8.92. The van der Waals surface area contributed by atoms with E-state index in [1.165, 1.54) is 12.1 Å². The largest absolute Gasteiger partial charge is 0.381 e. The minimum atomic E-state index is -3.44. The predicted molar refractivity (Wildman–Crippen MR) is 76.9 cm³/mol. The molecule has 0 aliphatic heterocycles. The lowest BCUT2D eigenvalue weighted by atomic mass is 10.2. The van der Waals surface area contributed by atoms with E-state index < -0.39 is 10.0 Å². The summed E-state index contributed by atoms with van der Waals surface area (Å²) in [5, 5.41) is 0.515. The van der Waals surface area contributed by atoms with Gasteiger partial charge in [0.1, 0.15) is 0 Å². The van der Waals surface area contributed by atoms with Crippen molar-refractivity contribution in [2.75, 3.05) is 19.8 Å². The Hall–Kier alpha value is -0.620. The van der Waals surface area contributed by atoms with Gasteiger partial charge in [-0.15, -0.1) is 0 Å². The Bertz CT molecular complexity index is 471. The Labute approximate surface area is 120 Å². The van der Waals surface area contributed by atoms with Gasteiger partial charge in [-0.25, -0.2) is 13.1 Å². The second-order valence-electron chi connectivity index (χ2n) is 4.67. The van der Waals surface area contributed by atoms with E-state index in [-0.39, 0.29) is 4.90 Å². The molecule has 1 aromatic carbocycles. The van der Waals surface area contributed by atoms with Crippen LogP contribution in [0.2, 0.25) is 5.02 Å². The van der Waals surface area contributed by atoms with Gasteiger partial charge in [-0.3, -0.25) is 0 Å². The first kappa shape index (κ1) is 16.4. The summed E-state index contributed by atoms with van der Waals surface area (Å²) < 4.78 is 31.7. The molecule has 0 heterocycles. The highest BCUT2D eigenvalue weighted by Gasteiger charge is 2.12. The van der Waals surface area contributed by atoms with Crippen molar-refractivity contribution in [1.29, 1.82) is 0 Å². The Morgan fingerprint density at radius 1 is 1.26 bits per heavy atom. The molecule has 4 nitrogen and oxygen atoms in total. The highest BCUT2D eigenvalue weighted by atomic mass is 35.5. The van der Waals surface area contributed by atoms with Crippen LogP contribution in [0.1, 0.15) is 20.3 Å². The van der Waals surface area contributed by atoms with E-state index in [1.54, 1.807) is 12.1 Å². The van der Waals surface area contributed by atoms with E-state index in [4.69, 9.17) is 16.3 Å². The second-order valence-corrected chi connectivity index (χ2v) is 6.88. The molecular formula is C13H20ClNO3S. The van der Waals surface area contributed by atoms with Crippen LogP contribution in [0.5, 0.6) is 0 Å². The van der Waals surface area contributed by atoms with Gasteiger partial charge in [-0.1, -0.05) is 25.4 Å². The Kier molecular flexibility index (Phi) is 6.79. The average molecular weight is 306 g/mol. The SMILES string of the molecule is CC(C)COCCCNS(=O)(=O)c1ccc(Cl)cc1. The van der Waals surface area contributed by atoms with Gasteiger partial charge in [0.2, 0.25) is 10.0 Å². The number of hydrogen-bond donors (Lipinski definition) is 1. The highest BCUT2D eigenvalue weighted by molar-refractivity contribution is 7.89. The molecule has 1 aromatic rings. The van der Waals surface area contributed by atoms with Crippen molar-refractivity contribution in [2.45, 2.75) is 25.2 Å². The monoisotopic (exact) mass is 305 g/mol. The summed E-state index contributed by atoms with van der Waals surface area (Å²) in [5.74, 6) is 0.491. The van der Waals surface area contributed by atoms with Gasteiger partial charge in [0, 0.05) is 24.8 Å². The van der Waals surface area contributed by atoms with Crippen LogP contribution in [0.4, 0.5) is 0 Å². The molecule has 108 valence electrons. The zero-order chi connectivity index (χ0) is 14.3. The summed E-state index contributed by atoms with van der Waals surface area (Å²) >= 11 is 5.72. The van der Waals surface area contributed by atoms with E-state index in [0.29, 0.717) is 37.1 Å². The summed E-state index contributed by atoms with van der Waals surface area (Å²) in [4.78, 5) is 0.222. The lowest BCUT2D eigenvalue weighted by molar-refractivity contribution is 0.108. The minimum Gasteiger partial charge on any atom is -0.381 e. The number of benzene rings is 1. The molecule has 1 N–H and O–H groups in total. The number of nitrogens with one attached hydrogen (secondary N) is 1. The zero-order valence-electron chi connectivity index (χ0n) is 11.2. The molecule has 0 saturated heterocycles. The normalized spacial score (nSPS) is 12.0. The smallest absolute Gasteiger partial charge is 0.240 e. The molecule has 0 amide bonds. The number of ether oxygens (including phenoxy) is 1. The van der Waals surface area contributed by atoms with Gasteiger partial charge in [-0.2, -0.15) is 0 Å². The quantitative estimate of drug-likeness (QED) is 0.751. The molecule has 0 aromatic heterocycles. The van der Waals surface area contributed by atoms with Gasteiger partial charge in [0.25, 0.3) is 0 Å². The Morgan fingerprint density at radius 2 is 1.89 bits per heavy atom. The predicted octanol–water partition coefficient (Wildman–Crippen LogP) is 2.68. The third-order valence-corrected chi connectivity index (χ3v) is 4.06. The van der Waals surface area contributed by atoms with Gasteiger partial charge < -0.3 is 4.74 Å². The van der Waals surface area contributed by atoms with Crippen molar-refractivity contribution in [3.63, 3.8) is 0 Å². The topological polar surface area (TPSA) is 55.4 Å². The number of rotatable bonds is 8. The van der Waals surface area contributed by atoms with Gasteiger partial charge >= 0.3 is 0 Å². The van der Waals surface area contributed by atoms with Crippen LogP contribution in [0, 0.1) is 5.92 Å². The molecule has 0 unspecified atom stereocenters. The molecule has 0 aliphatic carbocycles. The number of hydrogen-bond acceptors (Lipinski definition) is 3. The van der Waals surface area contributed by atoms with E-state index in [9.17, 15) is 8.42 Å². The van der Waals surface area contributed by atoms with Crippen LogP contribution < -0.4 is 4.72 Å². The van der Waals surface area contributed by atoms with Crippen molar-refractivity contribution >= 4 is 21.6 Å². The lowest BCUT2D eigenvalue weighted by Crippen LogP contribution is -2.25. The fourth-order valence-electron chi connectivity index (χ4n) is 1.40. The van der Waals surface area contributed by atoms with E-state index in [0.717, 1.165) is 0 Å². The van der Waals surface area contributed by atoms with Crippen LogP contribution in [-0.4, -0.2) is 28.2 Å². The molecule has 0 atom stereocenters. The number of halogens is 1. The van der Waals surface area contributed by atoms with Crippen LogP contribution in [0.25, 0.3) is 0 Å². The molecule has 0 saturated carbocycles. The molecular weight excluding hydrogens is 286 g/mol.